The van der Waals surface area contributed by atoms with Crippen molar-refractivity contribution in [3.63, 3.8) is 0 Å². The van der Waals surface area contributed by atoms with E-state index in [-0.39, 0.29) is 5.56 Å². The van der Waals surface area contributed by atoms with Gasteiger partial charge in [-0.25, -0.2) is 9.78 Å². The fraction of sp³-hybridized carbons (Fsp3) is 0.100. The molecule has 2 rings (SSSR count). The molecule has 1 heterocycles. The van der Waals surface area contributed by atoms with E-state index in [9.17, 15) is 9.59 Å². The molecule has 6 heteroatoms. The summed E-state index contributed by atoms with van der Waals surface area (Å²) in [5.74, 6) is -0.401. The number of carbonyl (C=O) groups excluding carboxylic acids is 1. The Labute approximate surface area is 90.3 Å². The van der Waals surface area contributed by atoms with E-state index in [4.69, 9.17) is 5.11 Å². The monoisotopic (exact) mass is 219 g/mol. The summed E-state index contributed by atoms with van der Waals surface area (Å²) in [6.45, 7) is 0.292. The molecule has 0 saturated heterocycles. The number of carboxylic acid groups (broad SMARTS) is 1. The van der Waals surface area contributed by atoms with Gasteiger partial charge in [-0.15, -0.1) is 0 Å². The summed E-state index contributed by atoms with van der Waals surface area (Å²) in [6.07, 6.45) is 0.579. The minimum atomic E-state index is -0.988. The summed E-state index contributed by atoms with van der Waals surface area (Å²) in [5, 5.41) is 11.3. The van der Waals surface area contributed by atoms with Crippen LogP contribution in [0.5, 0.6) is 0 Å². The number of amides is 1. The highest BCUT2D eigenvalue weighted by Gasteiger charge is 2.07. The lowest BCUT2D eigenvalue weighted by atomic mass is 10.2. The average Bonchev–Trinajstić information content (AvgIpc) is 2.67. The van der Waals surface area contributed by atoms with Gasteiger partial charge in [0.2, 0.25) is 6.41 Å². The van der Waals surface area contributed by atoms with Gasteiger partial charge >= 0.3 is 5.97 Å². The second-order valence-electron chi connectivity index (χ2n) is 3.22. The topological polar surface area (TPSA) is 95.1 Å². The van der Waals surface area contributed by atoms with Gasteiger partial charge in [-0.05, 0) is 18.2 Å². The van der Waals surface area contributed by atoms with E-state index in [1.807, 2.05) is 0 Å². The first-order valence-electron chi connectivity index (χ1n) is 4.59. The number of carbonyl (C=O) groups is 2. The van der Waals surface area contributed by atoms with Gasteiger partial charge < -0.3 is 15.4 Å². The third kappa shape index (κ3) is 1.85. The second kappa shape index (κ2) is 4.01. The van der Waals surface area contributed by atoms with Crippen LogP contribution in [0, 0.1) is 0 Å². The molecule has 1 aromatic heterocycles. The van der Waals surface area contributed by atoms with E-state index in [0.29, 0.717) is 24.3 Å². The molecule has 0 spiro atoms. The Morgan fingerprint density at radius 3 is 3.06 bits per heavy atom. The quantitative estimate of drug-likeness (QED) is 0.653. The first-order chi connectivity index (χ1) is 7.70. The zero-order chi connectivity index (χ0) is 11.5. The maximum Gasteiger partial charge on any atom is 0.335 e. The molecule has 1 amide bonds. The first-order valence-corrected chi connectivity index (χ1v) is 4.59. The Kier molecular flexibility index (Phi) is 2.55. The molecule has 0 aliphatic carbocycles. The van der Waals surface area contributed by atoms with Crippen molar-refractivity contribution in [2.75, 3.05) is 0 Å². The van der Waals surface area contributed by atoms with E-state index >= 15 is 0 Å². The zero-order valence-electron chi connectivity index (χ0n) is 8.23. The number of aromatic amines is 1. The highest BCUT2D eigenvalue weighted by atomic mass is 16.4. The van der Waals surface area contributed by atoms with Gasteiger partial charge in [0.25, 0.3) is 0 Å². The Morgan fingerprint density at radius 1 is 1.56 bits per heavy atom. The molecule has 6 nitrogen and oxygen atoms in total. The van der Waals surface area contributed by atoms with Crippen molar-refractivity contribution in [3.05, 3.63) is 29.6 Å². The molecule has 0 atom stereocenters. The number of aromatic nitrogens is 2. The number of hydrogen-bond acceptors (Lipinski definition) is 3. The van der Waals surface area contributed by atoms with Crippen LogP contribution in [0.15, 0.2) is 18.2 Å². The van der Waals surface area contributed by atoms with Gasteiger partial charge in [0.05, 0.1) is 23.1 Å². The molecule has 0 radical (unpaired) electrons. The smallest absolute Gasteiger partial charge is 0.335 e. The van der Waals surface area contributed by atoms with Crippen molar-refractivity contribution in [1.29, 1.82) is 0 Å². The van der Waals surface area contributed by atoms with Crippen molar-refractivity contribution in [2.45, 2.75) is 6.54 Å². The summed E-state index contributed by atoms with van der Waals surface area (Å²) >= 11 is 0. The predicted molar refractivity (Wildman–Crippen MR) is 56.0 cm³/mol. The largest absolute Gasteiger partial charge is 0.478 e. The van der Waals surface area contributed by atoms with Crippen molar-refractivity contribution in [1.82, 2.24) is 15.3 Å². The summed E-state index contributed by atoms with van der Waals surface area (Å²) in [7, 11) is 0. The fourth-order valence-electron chi connectivity index (χ4n) is 1.41. The van der Waals surface area contributed by atoms with Crippen LogP contribution >= 0.6 is 0 Å². The number of imidazole rings is 1. The van der Waals surface area contributed by atoms with Crippen LogP contribution in [0.1, 0.15) is 16.2 Å². The molecular formula is C10H9N3O3. The second-order valence-corrected chi connectivity index (χ2v) is 3.22. The third-order valence-electron chi connectivity index (χ3n) is 2.13. The average molecular weight is 219 g/mol. The first kappa shape index (κ1) is 10.2. The van der Waals surface area contributed by atoms with Crippen LogP contribution in [0.25, 0.3) is 11.0 Å². The molecule has 16 heavy (non-hydrogen) atoms. The maximum atomic E-state index is 10.7. The molecule has 2 aromatic rings. The number of nitrogens with one attached hydrogen (secondary N) is 2. The summed E-state index contributed by atoms with van der Waals surface area (Å²) in [5.41, 5.74) is 1.50. The van der Waals surface area contributed by atoms with Crippen LogP contribution in [0.4, 0.5) is 0 Å². The lowest BCUT2D eigenvalue weighted by Gasteiger charge is -1.92. The third-order valence-corrected chi connectivity index (χ3v) is 2.13. The fourth-order valence-corrected chi connectivity index (χ4v) is 1.41. The number of benzene rings is 1. The Balaban J connectivity index is 2.37. The van der Waals surface area contributed by atoms with Crippen molar-refractivity contribution in [2.24, 2.45) is 0 Å². The van der Waals surface area contributed by atoms with E-state index in [1.165, 1.54) is 12.1 Å². The van der Waals surface area contributed by atoms with E-state index < -0.39 is 5.97 Å². The predicted octanol–water partition coefficient (Wildman–Crippen LogP) is 0.507. The molecule has 0 unspecified atom stereocenters. The molecule has 82 valence electrons. The normalized spacial score (nSPS) is 10.2. The summed E-state index contributed by atoms with van der Waals surface area (Å²) in [4.78, 5) is 28.0. The molecule has 0 bridgehead atoms. The molecule has 0 saturated carbocycles. The Hall–Kier alpha value is -2.37. The molecular weight excluding hydrogens is 210 g/mol. The lowest BCUT2D eigenvalue weighted by Crippen LogP contribution is -2.10. The lowest BCUT2D eigenvalue weighted by molar-refractivity contribution is -0.109. The minimum absolute atomic E-state index is 0.189. The molecule has 0 fully saturated rings. The van der Waals surface area contributed by atoms with Crippen LogP contribution in [-0.2, 0) is 11.3 Å². The summed E-state index contributed by atoms with van der Waals surface area (Å²) < 4.78 is 0. The SMILES string of the molecule is O=CNCc1nc2cc(C(=O)O)ccc2[nH]1. The van der Waals surface area contributed by atoms with Crippen LogP contribution in [0.2, 0.25) is 0 Å². The van der Waals surface area contributed by atoms with Gasteiger partial charge in [-0.3, -0.25) is 4.79 Å². The van der Waals surface area contributed by atoms with Crippen LogP contribution < -0.4 is 5.32 Å². The van der Waals surface area contributed by atoms with Crippen molar-refractivity contribution < 1.29 is 14.7 Å². The number of carboxylic acids is 1. The number of nitrogens with zero attached hydrogens (tertiary/aromatic N) is 1. The minimum Gasteiger partial charge on any atom is -0.478 e. The van der Waals surface area contributed by atoms with E-state index in [0.717, 1.165) is 5.52 Å². The standard InChI is InChI=1S/C10H9N3O3/c14-5-11-4-9-12-7-2-1-6(10(15)16)3-8(7)13-9/h1-3,5H,4H2,(H,11,14)(H,12,13)(H,15,16). The van der Waals surface area contributed by atoms with Crippen molar-refractivity contribution in [3.8, 4) is 0 Å². The van der Waals surface area contributed by atoms with Gasteiger partial charge in [0, 0.05) is 0 Å². The van der Waals surface area contributed by atoms with E-state index in [1.54, 1.807) is 6.07 Å². The number of aromatic carboxylic acids is 1. The summed E-state index contributed by atoms with van der Waals surface area (Å²) in [6, 6.07) is 4.63. The number of hydrogen-bond donors (Lipinski definition) is 3. The number of fused-ring (bicyclic) bond motifs is 1. The van der Waals surface area contributed by atoms with Gasteiger partial charge in [0.1, 0.15) is 5.82 Å². The Morgan fingerprint density at radius 2 is 2.38 bits per heavy atom. The number of H-pyrrole nitrogens is 1. The van der Waals surface area contributed by atoms with Crippen LogP contribution in [0.3, 0.4) is 0 Å². The zero-order valence-corrected chi connectivity index (χ0v) is 8.23. The maximum absolute atomic E-state index is 10.7. The molecule has 1 aromatic carbocycles. The van der Waals surface area contributed by atoms with Crippen molar-refractivity contribution >= 4 is 23.4 Å². The molecule has 0 aliphatic rings. The highest BCUT2D eigenvalue weighted by Crippen LogP contribution is 2.13. The molecule has 0 aliphatic heterocycles. The van der Waals surface area contributed by atoms with Gasteiger partial charge in [-0.1, -0.05) is 0 Å². The Bertz CT molecular complexity index is 547. The number of rotatable bonds is 4. The van der Waals surface area contributed by atoms with E-state index in [2.05, 4.69) is 15.3 Å². The van der Waals surface area contributed by atoms with Gasteiger partial charge in [-0.2, -0.15) is 0 Å². The van der Waals surface area contributed by atoms with Gasteiger partial charge in [0.15, 0.2) is 0 Å². The highest BCUT2D eigenvalue weighted by molar-refractivity contribution is 5.92. The molecule has 3 N–H and O–H groups in total. The van der Waals surface area contributed by atoms with Crippen LogP contribution in [-0.4, -0.2) is 27.5 Å².